The van der Waals surface area contributed by atoms with E-state index in [1.807, 2.05) is 0 Å². The summed E-state index contributed by atoms with van der Waals surface area (Å²) in [6, 6.07) is 0. The first-order valence-electron chi connectivity index (χ1n) is 10.5. The van der Waals surface area contributed by atoms with Crippen LogP contribution in [0.1, 0.15) is 0 Å². The Bertz CT molecular complexity index is 544. The third-order valence-corrected chi connectivity index (χ3v) is 5.70. The van der Waals surface area contributed by atoms with Crippen LogP contribution in [0.15, 0.2) is 0 Å². The SMILES string of the molecule is OC[C@H]1OC(OC[C@@H](O)[C@H](O)[C@H](O)[C@@H](O)COC2O[C@H](CO)[C@@H](O)[C@H](O)[C@H]2O)[C@H](O)[C@@H](O)[C@@H]1O. The maximum atomic E-state index is 10.1. The van der Waals surface area contributed by atoms with Gasteiger partial charge in [0.2, 0.25) is 0 Å². The van der Waals surface area contributed by atoms with Gasteiger partial charge in [-0.2, -0.15) is 0 Å². The number of aliphatic hydroxyl groups excluding tert-OH is 12. The molecule has 12 N–H and O–H groups in total. The van der Waals surface area contributed by atoms with Gasteiger partial charge in [0.15, 0.2) is 12.6 Å². The van der Waals surface area contributed by atoms with Crippen LogP contribution >= 0.6 is 0 Å². The molecule has 34 heavy (non-hydrogen) atoms. The highest BCUT2D eigenvalue weighted by Crippen LogP contribution is 2.24. The van der Waals surface area contributed by atoms with Crippen LogP contribution in [0.2, 0.25) is 0 Å². The summed E-state index contributed by atoms with van der Waals surface area (Å²) in [5, 5.41) is 117. The Labute approximate surface area is 193 Å². The Hall–Kier alpha value is -0.640. The predicted octanol–water partition coefficient (Wildman–Crippen LogP) is -7.94. The molecule has 0 spiro atoms. The fraction of sp³-hybridized carbons (Fsp3) is 1.00. The average molecular weight is 506 g/mol. The van der Waals surface area contributed by atoms with Crippen LogP contribution < -0.4 is 0 Å². The van der Waals surface area contributed by atoms with E-state index < -0.39 is 112 Å². The van der Waals surface area contributed by atoms with E-state index in [0.717, 1.165) is 0 Å². The van der Waals surface area contributed by atoms with E-state index in [-0.39, 0.29) is 0 Å². The minimum atomic E-state index is -2.03. The van der Waals surface area contributed by atoms with Crippen molar-refractivity contribution in [1.82, 2.24) is 0 Å². The van der Waals surface area contributed by atoms with E-state index in [1.165, 1.54) is 0 Å². The van der Waals surface area contributed by atoms with Gasteiger partial charge in [-0.3, -0.25) is 0 Å². The number of ether oxygens (including phenoxy) is 4. The summed E-state index contributed by atoms with van der Waals surface area (Å²) < 4.78 is 20.3. The topological polar surface area (TPSA) is 280 Å². The van der Waals surface area contributed by atoms with Crippen molar-refractivity contribution in [1.29, 1.82) is 0 Å². The second-order valence-corrected chi connectivity index (χ2v) is 8.18. The minimum Gasteiger partial charge on any atom is -0.394 e. The molecule has 2 aliphatic rings. The highest BCUT2D eigenvalue weighted by atomic mass is 16.7. The lowest BCUT2D eigenvalue weighted by Crippen LogP contribution is -2.60. The molecule has 14 atom stereocenters. The third-order valence-electron chi connectivity index (χ3n) is 5.70. The molecule has 2 heterocycles. The molecule has 0 aromatic carbocycles. The van der Waals surface area contributed by atoms with Crippen LogP contribution in [0, 0.1) is 0 Å². The molecule has 202 valence electrons. The molecule has 0 aliphatic carbocycles. The summed E-state index contributed by atoms with van der Waals surface area (Å²) in [4.78, 5) is 0. The first-order chi connectivity index (χ1) is 15.9. The lowest BCUT2D eigenvalue weighted by molar-refractivity contribution is -0.309. The summed E-state index contributed by atoms with van der Waals surface area (Å²) in [7, 11) is 0. The second-order valence-electron chi connectivity index (χ2n) is 8.18. The molecule has 0 radical (unpaired) electrons. The third kappa shape index (κ3) is 6.77. The van der Waals surface area contributed by atoms with Crippen LogP contribution in [0.3, 0.4) is 0 Å². The minimum absolute atomic E-state index is 0.713. The molecule has 2 fully saturated rings. The van der Waals surface area contributed by atoms with E-state index in [2.05, 4.69) is 0 Å². The number of hydrogen-bond acceptors (Lipinski definition) is 16. The Morgan fingerprint density at radius 2 is 0.853 bits per heavy atom. The first-order valence-corrected chi connectivity index (χ1v) is 10.5. The lowest BCUT2D eigenvalue weighted by atomic mass is 9.99. The summed E-state index contributed by atoms with van der Waals surface area (Å²) in [6.45, 7) is -2.98. The zero-order chi connectivity index (χ0) is 25.7. The Kier molecular flexibility index (Phi) is 11.4. The van der Waals surface area contributed by atoms with E-state index in [1.54, 1.807) is 0 Å². The monoisotopic (exact) mass is 506 g/mol. The molecule has 2 saturated heterocycles. The number of rotatable bonds is 11. The molecular weight excluding hydrogens is 472 g/mol. The zero-order valence-corrected chi connectivity index (χ0v) is 17.9. The van der Waals surface area contributed by atoms with Crippen LogP contribution in [0.25, 0.3) is 0 Å². The molecule has 0 aromatic rings. The van der Waals surface area contributed by atoms with Crippen LogP contribution in [0.5, 0.6) is 0 Å². The Balaban J connectivity index is 1.84. The average Bonchev–Trinajstić information content (AvgIpc) is 2.83. The normalized spacial score (nSPS) is 42.7. The molecule has 16 heteroatoms. The van der Waals surface area contributed by atoms with E-state index >= 15 is 0 Å². The molecule has 0 amide bonds. The van der Waals surface area contributed by atoms with Crippen molar-refractivity contribution >= 4 is 0 Å². The molecule has 2 aliphatic heterocycles. The maximum absolute atomic E-state index is 10.1. The van der Waals surface area contributed by atoms with Gasteiger partial charge in [-0.1, -0.05) is 0 Å². The smallest absolute Gasteiger partial charge is 0.186 e. The van der Waals surface area contributed by atoms with Gasteiger partial charge in [-0.15, -0.1) is 0 Å². The Morgan fingerprint density at radius 3 is 1.15 bits per heavy atom. The van der Waals surface area contributed by atoms with Gasteiger partial charge in [0, 0.05) is 0 Å². The van der Waals surface area contributed by atoms with Crippen molar-refractivity contribution in [2.45, 2.75) is 85.8 Å². The second kappa shape index (κ2) is 13.1. The lowest BCUT2D eigenvalue weighted by Gasteiger charge is -2.40. The van der Waals surface area contributed by atoms with Crippen molar-refractivity contribution in [3.05, 3.63) is 0 Å². The van der Waals surface area contributed by atoms with Gasteiger partial charge >= 0.3 is 0 Å². The van der Waals surface area contributed by atoms with Crippen molar-refractivity contribution < 1.29 is 80.2 Å². The molecule has 2 rings (SSSR count). The molecule has 0 bridgehead atoms. The van der Waals surface area contributed by atoms with Crippen molar-refractivity contribution in [2.75, 3.05) is 26.4 Å². The summed E-state index contributed by atoms with van der Waals surface area (Å²) >= 11 is 0. The fourth-order valence-corrected chi connectivity index (χ4v) is 3.45. The number of hydrogen-bond donors (Lipinski definition) is 12. The fourth-order valence-electron chi connectivity index (χ4n) is 3.45. The summed E-state index contributed by atoms with van der Waals surface area (Å²) in [6.07, 6.45) is -23.8. The van der Waals surface area contributed by atoms with Crippen LogP contribution in [-0.2, 0) is 18.9 Å². The quantitative estimate of drug-likeness (QED) is 0.124. The molecule has 0 aromatic heterocycles. The van der Waals surface area contributed by atoms with Crippen molar-refractivity contribution in [3.63, 3.8) is 0 Å². The van der Waals surface area contributed by atoms with E-state index in [4.69, 9.17) is 29.2 Å². The first kappa shape index (κ1) is 29.6. The molecule has 16 nitrogen and oxygen atoms in total. The summed E-state index contributed by atoms with van der Waals surface area (Å²) in [5.74, 6) is 0. The highest BCUT2D eigenvalue weighted by Gasteiger charge is 2.46. The van der Waals surface area contributed by atoms with Gasteiger partial charge in [0.05, 0.1) is 26.4 Å². The van der Waals surface area contributed by atoms with Gasteiger partial charge < -0.3 is 80.2 Å². The van der Waals surface area contributed by atoms with Crippen LogP contribution in [-0.4, -0.2) is 174 Å². The van der Waals surface area contributed by atoms with Crippen molar-refractivity contribution in [3.8, 4) is 0 Å². The van der Waals surface area contributed by atoms with Crippen molar-refractivity contribution in [2.24, 2.45) is 0 Å². The van der Waals surface area contributed by atoms with Gasteiger partial charge in [0.25, 0.3) is 0 Å². The highest BCUT2D eigenvalue weighted by molar-refractivity contribution is 4.90. The van der Waals surface area contributed by atoms with Gasteiger partial charge in [-0.05, 0) is 0 Å². The molecule has 2 unspecified atom stereocenters. The zero-order valence-electron chi connectivity index (χ0n) is 17.9. The Morgan fingerprint density at radius 1 is 0.529 bits per heavy atom. The van der Waals surface area contributed by atoms with Gasteiger partial charge in [-0.25, -0.2) is 0 Å². The van der Waals surface area contributed by atoms with Crippen LogP contribution in [0.4, 0.5) is 0 Å². The number of aliphatic hydroxyl groups is 12. The molecular formula is C18H34O16. The summed E-state index contributed by atoms with van der Waals surface area (Å²) in [5.41, 5.74) is 0. The predicted molar refractivity (Wildman–Crippen MR) is 103 cm³/mol. The molecule has 0 saturated carbocycles. The largest absolute Gasteiger partial charge is 0.394 e. The standard InChI is InChI=1S/C18H34O16/c19-1-7-11(25)13(27)15(29)17(33-7)31-3-5(21)9(23)10(24)6(22)4-32-18-16(30)14(28)12(26)8(2-20)34-18/h5-30H,1-4H2/t5-,6+,7-,8-,9+,10-,11-,12-,13+,14+,15-,16-,17?,18?/m1/s1. The van der Waals surface area contributed by atoms with E-state index in [9.17, 15) is 51.1 Å². The maximum Gasteiger partial charge on any atom is 0.186 e. The van der Waals surface area contributed by atoms with Gasteiger partial charge in [0.1, 0.15) is 73.2 Å². The van der Waals surface area contributed by atoms with E-state index in [0.29, 0.717) is 0 Å².